The summed E-state index contributed by atoms with van der Waals surface area (Å²) in [6.07, 6.45) is 0. The lowest BCUT2D eigenvalue weighted by Crippen LogP contribution is -2.04. The van der Waals surface area contributed by atoms with E-state index in [2.05, 4.69) is 4.98 Å². The molecular weight excluding hydrogens is 286 g/mol. The minimum Gasteiger partial charge on any atom is -0.494 e. The van der Waals surface area contributed by atoms with Crippen molar-refractivity contribution in [2.24, 2.45) is 0 Å². The molecule has 0 bridgehead atoms. The standard InChI is InChI=1S/C16H15NO3S/c1-3-19-11-5-6-12-14(9-11)21-15-8-10(18)7-13(20-4-2)16(15)17-12/h5-9H,3-4H2,1-2H3. The first-order valence-electron chi connectivity index (χ1n) is 6.85. The van der Waals surface area contributed by atoms with Crippen LogP contribution in [-0.2, 0) is 0 Å². The predicted octanol–water partition coefficient (Wildman–Crippen LogP) is 3.56. The molecule has 108 valence electrons. The summed E-state index contributed by atoms with van der Waals surface area (Å²) in [5.41, 5.74) is 1.54. The van der Waals surface area contributed by atoms with E-state index < -0.39 is 0 Å². The van der Waals surface area contributed by atoms with Crippen LogP contribution in [0.25, 0.3) is 20.8 Å². The Morgan fingerprint density at radius 1 is 1.10 bits per heavy atom. The minimum absolute atomic E-state index is 0.0655. The molecule has 1 aromatic rings. The van der Waals surface area contributed by atoms with E-state index in [0.717, 1.165) is 26.5 Å². The Bertz CT molecular complexity index is 812. The van der Waals surface area contributed by atoms with E-state index in [-0.39, 0.29) is 5.43 Å². The first kappa shape index (κ1) is 13.8. The van der Waals surface area contributed by atoms with Crippen LogP contribution in [0, 0.1) is 0 Å². The Morgan fingerprint density at radius 3 is 2.67 bits per heavy atom. The van der Waals surface area contributed by atoms with Crippen molar-refractivity contribution in [2.75, 3.05) is 13.2 Å². The van der Waals surface area contributed by atoms with Gasteiger partial charge in [-0.3, -0.25) is 4.79 Å². The van der Waals surface area contributed by atoms with Crippen molar-refractivity contribution in [2.45, 2.75) is 13.8 Å². The minimum atomic E-state index is -0.0655. The third kappa shape index (κ3) is 2.69. The Balaban J connectivity index is 2.24. The zero-order valence-corrected chi connectivity index (χ0v) is 12.7. The molecule has 0 aromatic heterocycles. The smallest absolute Gasteiger partial charge is 0.183 e. The van der Waals surface area contributed by atoms with Crippen molar-refractivity contribution in [3.63, 3.8) is 0 Å². The number of aromatic nitrogens is 1. The van der Waals surface area contributed by atoms with Gasteiger partial charge in [0, 0.05) is 12.1 Å². The lowest BCUT2D eigenvalue weighted by atomic mass is 10.2. The monoisotopic (exact) mass is 301 g/mol. The summed E-state index contributed by atoms with van der Waals surface area (Å²) in [5.74, 6) is 1.36. The summed E-state index contributed by atoms with van der Waals surface area (Å²) in [7, 11) is 0. The Hall–Kier alpha value is -2.14. The third-order valence-corrected chi connectivity index (χ3v) is 4.09. The van der Waals surface area contributed by atoms with Crippen LogP contribution in [0.4, 0.5) is 0 Å². The Kier molecular flexibility index (Phi) is 3.75. The molecule has 2 aliphatic rings. The van der Waals surface area contributed by atoms with Gasteiger partial charge in [0.1, 0.15) is 17.2 Å². The summed E-state index contributed by atoms with van der Waals surface area (Å²) < 4.78 is 12.0. The van der Waals surface area contributed by atoms with Crippen LogP contribution in [0.15, 0.2) is 35.1 Å². The first-order chi connectivity index (χ1) is 10.2. The molecule has 0 atom stereocenters. The van der Waals surface area contributed by atoms with Crippen molar-refractivity contribution >= 4 is 21.6 Å². The van der Waals surface area contributed by atoms with Crippen molar-refractivity contribution in [3.05, 3.63) is 40.6 Å². The predicted molar refractivity (Wildman–Crippen MR) is 84.9 cm³/mol. The molecule has 0 fully saturated rings. The molecule has 1 heterocycles. The van der Waals surface area contributed by atoms with Crippen LogP contribution >= 0.6 is 11.3 Å². The lowest BCUT2D eigenvalue weighted by Gasteiger charge is -2.12. The quantitative estimate of drug-likeness (QED) is 0.691. The molecule has 0 saturated carbocycles. The molecule has 0 saturated heterocycles. The van der Waals surface area contributed by atoms with Gasteiger partial charge in [0.25, 0.3) is 0 Å². The molecule has 1 aliphatic carbocycles. The van der Waals surface area contributed by atoms with Crippen molar-refractivity contribution < 1.29 is 9.47 Å². The second-order valence-electron chi connectivity index (χ2n) is 4.48. The second kappa shape index (κ2) is 5.69. The molecule has 1 aromatic carbocycles. The van der Waals surface area contributed by atoms with E-state index in [4.69, 9.17) is 9.47 Å². The SMILES string of the molecule is CCOc1ccc2nc3c(OCC)cc(=O)cc-3sc2c1. The van der Waals surface area contributed by atoms with Crippen LogP contribution < -0.4 is 14.9 Å². The van der Waals surface area contributed by atoms with E-state index >= 15 is 0 Å². The van der Waals surface area contributed by atoms with Gasteiger partial charge in [-0.05, 0) is 32.0 Å². The summed E-state index contributed by atoms with van der Waals surface area (Å²) in [6.45, 7) is 4.97. The summed E-state index contributed by atoms with van der Waals surface area (Å²) in [4.78, 5) is 17.2. The number of rotatable bonds is 4. The molecule has 0 spiro atoms. The molecule has 3 rings (SSSR count). The number of hydrogen-bond donors (Lipinski definition) is 0. The average Bonchev–Trinajstić information content (AvgIpc) is 2.46. The topological polar surface area (TPSA) is 48.4 Å². The van der Waals surface area contributed by atoms with Crippen LogP contribution in [0.3, 0.4) is 0 Å². The Labute approximate surface area is 126 Å². The van der Waals surface area contributed by atoms with E-state index in [1.54, 1.807) is 6.07 Å². The molecule has 0 N–H and O–H groups in total. The van der Waals surface area contributed by atoms with Crippen molar-refractivity contribution in [1.29, 1.82) is 0 Å². The van der Waals surface area contributed by atoms with E-state index in [1.807, 2.05) is 32.0 Å². The molecular formula is C16H15NO3S. The maximum absolute atomic E-state index is 11.8. The molecule has 0 radical (unpaired) electrons. The van der Waals surface area contributed by atoms with Gasteiger partial charge in [-0.15, -0.1) is 11.3 Å². The fourth-order valence-corrected chi connectivity index (χ4v) is 3.22. The van der Waals surface area contributed by atoms with E-state index in [0.29, 0.717) is 19.0 Å². The van der Waals surface area contributed by atoms with Gasteiger partial charge < -0.3 is 9.47 Å². The molecule has 0 amide bonds. The summed E-state index contributed by atoms with van der Waals surface area (Å²) in [6, 6.07) is 8.87. The molecule has 0 unspecified atom stereocenters. The largest absolute Gasteiger partial charge is 0.494 e. The normalized spacial score (nSPS) is 11.0. The van der Waals surface area contributed by atoms with Crippen LogP contribution in [-0.4, -0.2) is 18.2 Å². The molecule has 21 heavy (non-hydrogen) atoms. The summed E-state index contributed by atoms with van der Waals surface area (Å²) in [5, 5.41) is 0. The number of hydrogen-bond acceptors (Lipinski definition) is 5. The fraction of sp³-hybridized carbons (Fsp3) is 0.250. The maximum atomic E-state index is 11.8. The van der Waals surface area contributed by atoms with Gasteiger partial charge in [0.15, 0.2) is 5.43 Å². The van der Waals surface area contributed by atoms with Crippen molar-refractivity contribution in [1.82, 2.24) is 4.98 Å². The lowest BCUT2D eigenvalue weighted by molar-refractivity contribution is 0.340. The highest BCUT2D eigenvalue weighted by atomic mass is 32.1. The number of nitrogens with zero attached hydrogens (tertiary/aromatic N) is 1. The zero-order valence-electron chi connectivity index (χ0n) is 11.9. The Morgan fingerprint density at radius 2 is 1.90 bits per heavy atom. The zero-order chi connectivity index (χ0) is 14.8. The highest BCUT2D eigenvalue weighted by Gasteiger charge is 2.14. The third-order valence-electron chi connectivity index (χ3n) is 3.01. The first-order valence-corrected chi connectivity index (χ1v) is 7.67. The van der Waals surface area contributed by atoms with Gasteiger partial charge in [-0.25, -0.2) is 4.98 Å². The second-order valence-corrected chi connectivity index (χ2v) is 5.56. The number of benzene rings is 2. The van der Waals surface area contributed by atoms with Gasteiger partial charge in [-0.2, -0.15) is 0 Å². The highest BCUT2D eigenvalue weighted by molar-refractivity contribution is 7.21. The number of ether oxygens (including phenoxy) is 2. The summed E-state index contributed by atoms with van der Waals surface area (Å²) >= 11 is 1.52. The van der Waals surface area contributed by atoms with E-state index in [9.17, 15) is 4.79 Å². The number of fused-ring (bicyclic) bond motifs is 2. The average molecular weight is 301 g/mol. The van der Waals surface area contributed by atoms with Gasteiger partial charge >= 0.3 is 0 Å². The van der Waals surface area contributed by atoms with Gasteiger partial charge in [0.2, 0.25) is 0 Å². The van der Waals surface area contributed by atoms with Gasteiger partial charge in [0.05, 0.1) is 28.3 Å². The van der Waals surface area contributed by atoms with Crippen molar-refractivity contribution in [3.8, 4) is 22.1 Å². The van der Waals surface area contributed by atoms with Gasteiger partial charge in [-0.1, -0.05) is 0 Å². The maximum Gasteiger partial charge on any atom is 0.183 e. The van der Waals surface area contributed by atoms with Crippen LogP contribution in [0.1, 0.15) is 13.8 Å². The fourth-order valence-electron chi connectivity index (χ4n) is 2.18. The van der Waals surface area contributed by atoms with E-state index in [1.165, 1.54) is 17.4 Å². The molecule has 1 aliphatic heterocycles. The van der Waals surface area contributed by atoms with Crippen LogP contribution in [0.5, 0.6) is 11.5 Å². The highest BCUT2D eigenvalue weighted by Crippen LogP contribution is 2.36. The van der Waals surface area contributed by atoms with Crippen LogP contribution in [0.2, 0.25) is 0 Å². The molecule has 4 nitrogen and oxygen atoms in total. The molecule has 5 heteroatoms.